The molecule has 0 bridgehead atoms. The van der Waals surface area contributed by atoms with Crippen LogP contribution in [-0.4, -0.2) is 33.4 Å². The summed E-state index contributed by atoms with van der Waals surface area (Å²) in [6, 6.07) is 7.90. The van der Waals surface area contributed by atoms with E-state index in [1.54, 1.807) is 19.1 Å². The van der Waals surface area contributed by atoms with Crippen molar-refractivity contribution in [2.24, 2.45) is 5.10 Å². The van der Waals surface area contributed by atoms with Gasteiger partial charge in [0, 0.05) is 29.4 Å². The molecule has 0 atom stereocenters. The second-order valence-electron chi connectivity index (χ2n) is 7.31. The first-order valence-electron chi connectivity index (χ1n) is 10.6. The predicted octanol–water partition coefficient (Wildman–Crippen LogP) is 4.62. The van der Waals surface area contributed by atoms with Gasteiger partial charge in [-0.25, -0.2) is 4.98 Å². The van der Waals surface area contributed by atoms with Crippen LogP contribution in [0.3, 0.4) is 0 Å². The van der Waals surface area contributed by atoms with Gasteiger partial charge in [-0.2, -0.15) is 9.78 Å². The van der Waals surface area contributed by atoms with Crippen molar-refractivity contribution in [1.29, 1.82) is 0 Å². The normalized spacial score (nSPS) is 11.2. The monoisotopic (exact) mass is 530 g/mol. The van der Waals surface area contributed by atoms with Crippen LogP contribution in [0.15, 0.2) is 44.7 Å². The molecule has 0 N–H and O–H groups in total. The molecule has 0 saturated carbocycles. The van der Waals surface area contributed by atoms with E-state index in [4.69, 9.17) is 9.47 Å². The minimum Gasteiger partial charge on any atom is -0.490 e. The minimum atomic E-state index is -0.717. The Morgan fingerprint density at radius 1 is 1.29 bits per heavy atom. The third kappa shape index (κ3) is 5.66. The number of esters is 1. The lowest BCUT2D eigenvalue weighted by atomic mass is 10.2. The average Bonchev–Trinajstić information content (AvgIpc) is 2.78. The first-order valence-corrected chi connectivity index (χ1v) is 11.4. The molecule has 1 heterocycles. The van der Waals surface area contributed by atoms with Crippen molar-refractivity contribution in [3.05, 3.63) is 66.7 Å². The number of nitrogens with zero attached hydrogens (tertiary/aromatic N) is 4. The van der Waals surface area contributed by atoms with Gasteiger partial charge in [0.1, 0.15) is 5.82 Å². The Labute approximate surface area is 203 Å². The van der Waals surface area contributed by atoms with Crippen molar-refractivity contribution in [3.8, 4) is 11.5 Å². The van der Waals surface area contributed by atoms with Gasteiger partial charge in [0.15, 0.2) is 5.75 Å². The van der Waals surface area contributed by atoms with E-state index in [1.165, 1.54) is 23.0 Å². The number of carbonyl (C=O) groups is 1. The Balaban J connectivity index is 2.16. The number of unbranched alkanes of at least 4 members (excludes halogenated alkanes) is 1. The number of fused-ring (bicyclic) bond motifs is 1. The highest BCUT2D eigenvalue weighted by Crippen LogP contribution is 2.38. The van der Waals surface area contributed by atoms with E-state index < -0.39 is 16.6 Å². The zero-order valence-corrected chi connectivity index (χ0v) is 20.5. The number of aromatic nitrogens is 2. The lowest BCUT2D eigenvalue weighted by molar-refractivity contribution is -0.385. The molecule has 178 valence electrons. The number of nitro groups is 1. The fourth-order valence-electron chi connectivity index (χ4n) is 3.26. The summed E-state index contributed by atoms with van der Waals surface area (Å²) in [6.07, 6.45) is 3.56. The largest absolute Gasteiger partial charge is 0.490 e. The van der Waals surface area contributed by atoms with E-state index in [0.717, 1.165) is 24.2 Å². The summed E-state index contributed by atoms with van der Waals surface area (Å²) < 4.78 is 12.4. The number of rotatable bonds is 9. The molecular formula is C23H23BrN4O6. The number of aryl methyl sites for hydroxylation is 1. The van der Waals surface area contributed by atoms with E-state index in [9.17, 15) is 19.7 Å². The summed E-state index contributed by atoms with van der Waals surface area (Å²) in [5.74, 6) is -0.498. The first kappa shape index (κ1) is 25.0. The van der Waals surface area contributed by atoms with Crippen molar-refractivity contribution >= 4 is 44.7 Å². The van der Waals surface area contributed by atoms with E-state index in [2.05, 4.69) is 26.0 Å². The molecule has 1 aromatic heterocycles. The van der Waals surface area contributed by atoms with Crippen LogP contribution in [-0.2, 0) is 11.2 Å². The van der Waals surface area contributed by atoms with Crippen LogP contribution >= 0.6 is 15.9 Å². The molecular weight excluding hydrogens is 508 g/mol. The number of benzene rings is 2. The highest BCUT2D eigenvalue weighted by Gasteiger charge is 2.24. The zero-order chi connectivity index (χ0) is 24.8. The Morgan fingerprint density at radius 2 is 2.06 bits per heavy atom. The fourth-order valence-corrected chi connectivity index (χ4v) is 3.62. The number of nitro benzene ring substituents is 1. The van der Waals surface area contributed by atoms with Gasteiger partial charge in [0.05, 0.1) is 28.6 Å². The van der Waals surface area contributed by atoms with Gasteiger partial charge in [-0.05, 0) is 37.6 Å². The van der Waals surface area contributed by atoms with E-state index in [0.29, 0.717) is 23.1 Å². The molecule has 10 nitrogen and oxygen atoms in total. The maximum Gasteiger partial charge on any atom is 0.316 e. The lowest BCUT2D eigenvalue weighted by Crippen LogP contribution is -2.22. The molecule has 11 heteroatoms. The number of hydrogen-bond donors (Lipinski definition) is 0. The maximum absolute atomic E-state index is 13.2. The summed E-state index contributed by atoms with van der Waals surface area (Å²) >= 11 is 3.37. The van der Waals surface area contributed by atoms with E-state index >= 15 is 0 Å². The second kappa shape index (κ2) is 11.0. The highest BCUT2D eigenvalue weighted by atomic mass is 79.9. The maximum atomic E-state index is 13.2. The first-order chi connectivity index (χ1) is 16.2. The van der Waals surface area contributed by atoms with Crippen molar-refractivity contribution in [3.63, 3.8) is 0 Å². The molecule has 0 radical (unpaired) electrons. The molecule has 0 spiro atoms. The van der Waals surface area contributed by atoms with Gasteiger partial charge < -0.3 is 9.47 Å². The Bertz CT molecular complexity index is 1340. The summed E-state index contributed by atoms with van der Waals surface area (Å²) in [4.78, 5) is 40.2. The SMILES string of the molecule is CCCCc1nc2ccc(Br)cc2c(=O)n1N=Cc1cc(OCC)c(OC(C)=O)c([N+](=O)[O-])c1. The Kier molecular flexibility index (Phi) is 8.11. The van der Waals surface area contributed by atoms with Gasteiger partial charge in [-0.3, -0.25) is 19.7 Å². The summed E-state index contributed by atoms with van der Waals surface area (Å²) in [5, 5.41) is 16.3. The molecule has 0 aliphatic heterocycles. The van der Waals surface area contributed by atoms with Crippen molar-refractivity contribution < 1.29 is 19.2 Å². The van der Waals surface area contributed by atoms with Gasteiger partial charge in [-0.1, -0.05) is 29.3 Å². The van der Waals surface area contributed by atoms with Crippen LogP contribution in [0.5, 0.6) is 11.5 Å². The topological polar surface area (TPSA) is 126 Å². The van der Waals surface area contributed by atoms with Gasteiger partial charge in [0.25, 0.3) is 5.56 Å². The second-order valence-corrected chi connectivity index (χ2v) is 8.22. The van der Waals surface area contributed by atoms with Crippen molar-refractivity contribution in [1.82, 2.24) is 9.66 Å². The van der Waals surface area contributed by atoms with Crippen LogP contribution in [0.25, 0.3) is 10.9 Å². The molecule has 0 unspecified atom stereocenters. The molecule has 2 aromatic carbocycles. The van der Waals surface area contributed by atoms with Crippen LogP contribution in [0.2, 0.25) is 0 Å². The number of carbonyl (C=O) groups excluding carboxylic acids is 1. The molecule has 0 saturated heterocycles. The molecule has 0 amide bonds. The minimum absolute atomic E-state index is 0.0208. The van der Waals surface area contributed by atoms with Gasteiger partial charge in [-0.15, -0.1) is 0 Å². The smallest absolute Gasteiger partial charge is 0.316 e. The van der Waals surface area contributed by atoms with Crippen LogP contribution in [0, 0.1) is 10.1 Å². The molecule has 0 fully saturated rings. The van der Waals surface area contributed by atoms with E-state index in [1.807, 2.05) is 13.0 Å². The van der Waals surface area contributed by atoms with Gasteiger partial charge in [0.2, 0.25) is 5.75 Å². The molecule has 3 aromatic rings. The Morgan fingerprint density at radius 3 is 2.71 bits per heavy atom. The molecule has 34 heavy (non-hydrogen) atoms. The van der Waals surface area contributed by atoms with E-state index in [-0.39, 0.29) is 29.2 Å². The number of ether oxygens (including phenoxy) is 2. The predicted molar refractivity (Wildman–Crippen MR) is 131 cm³/mol. The third-order valence-corrected chi connectivity index (χ3v) is 5.24. The van der Waals surface area contributed by atoms with Crippen molar-refractivity contribution in [2.45, 2.75) is 40.0 Å². The average molecular weight is 531 g/mol. The fraction of sp³-hybridized carbons (Fsp3) is 0.304. The third-order valence-electron chi connectivity index (χ3n) is 4.75. The number of halogens is 1. The van der Waals surface area contributed by atoms with Crippen molar-refractivity contribution in [2.75, 3.05) is 6.61 Å². The summed E-state index contributed by atoms with van der Waals surface area (Å²) in [6.45, 7) is 5.06. The summed E-state index contributed by atoms with van der Waals surface area (Å²) in [7, 11) is 0. The Hall–Kier alpha value is -3.60. The standard InChI is InChI=1S/C23H23BrN4O6/c1-4-6-7-21-26-18-9-8-16(24)12-17(18)23(30)27(21)25-13-15-10-19(28(31)32)22(34-14(3)29)20(11-15)33-5-2/h8-13H,4-7H2,1-3H3. The van der Waals surface area contributed by atoms with Crippen LogP contribution in [0.1, 0.15) is 45.0 Å². The molecule has 3 rings (SSSR count). The highest BCUT2D eigenvalue weighted by molar-refractivity contribution is 9.10. The quantitative estimate of drug-likeness (QED) is 0.130. The molecule has 0 aliphatic rings. The van der Waals surface area contributed by atoms with Crippen LogP contribution in [0.4, 0.5) is 5.69 Å². The number of hydrogen-bond acceptors (Lipinski definition) is 8. The lowest BCUT2D eigenvalue weighted by Gasteiger charge is -2.11. The molecule has 0 aliphatic carbocycles. The zero-order valence-electron chi connectivity index (χ0n) is 18.9. The van der Waals surface area contributed by atoms with Crippen LogP contribution < -0.4 is 15.0 Å². The van der Waals surface area contributed by atoms with Gasteiger partial charge >= 0.3 is 11.7 Å². The summed E-state index contributed by atoms with van der Waals surface area (Å²) in [5.41, 5.74) is 0.0333.